The Labute approximate surface area is 127 Å². The van der Waals surface area contributed by atoms with Gasteiger partial charge in [0.1, 0.15) is 0 Å². The van der Waals surface area contributed by atoms with Gasteiger partial charge < -0.3 is 10.6 Å². The molecule has 8 heteroatoms. The van der Waals surface area contributed by atoms with E-state index in [1.54, 1.807) is 0 Å². The minimum atomic E-state index is -3.94. The van der Waals surface area contributed by atoms with Crippen molar-refractivity contribution in [3.05, 3.63) is 0 Å². The summed E-state index contributed by atoms with van der Waals surface area (Å²) in [5, 5.41) is 10.6. The molecule has 1 aliphatic heterocycles. The molecule has 1 fully saturated rings. The third kappa shape index (κ3) is 7.75. The van der Waals surface area contributed by atoms with Crippen LogP contribution in [-0.2, 0) is 19.3 Å². The lowest BCUT2D eigenvalue weighted by atomic mass is 9.84. The van der Waals surface area contributed by atoms with Gasteiger partial charge in [0, 0.05) is 6.54 Å². The van der Waals surface area contributed by atoms with Crippen LogP contribution in [-0.4, -0.2) is 40.1 Å². The van der Waals surface area contributed by atoms with Crippen LogP contribution in [0.25, 0.3) is 0 Å². The minimum absolute atomic E-state index is 0.109. The second-order valence-corrected chi connectivity index (χ2v) is 6.97. The number of carbonyl (C=O) groups is 1. The molecule has 1 aliphatic rings. The average molecular weight is 321 g/mol. The number of nitrogens with two attached hydrogens (primary N) is 1. The normalized spacial score (nSPS) is 24.5. The highest BCUT2D eigenvalue weighted by molar-refractivity contribution is 7.84. The molecule has 0 aromatic heterocycles. The molecule has 4 N–H and O–H groups in total. The monoisotopic (exact) mass is 321 g/mol. The lowest BCUT2D eigenvalue weighted by Crippen LogP contribution is -2.49. The van der Waals surface area contributed by atoms with Crippen molar-refractivity contribution >= 4 is 16.2 Å². The van der Waals surface area contributed by atoms with Gasteiger partial charge in [-0.05, 0) is 37.6 Å². The van der Waals surface area contributed by atoms with Crippen molar-refractivity contribution in [2.75, 3.05) is 19.7 Å². The molecule has 1 heterocycles. The van der Waals surface area contributed by atoms with Crippen LogP contribution >= 0.6 is 0 Å². The zero-order chi connectivity index (χ0) is 15.9. The molecule has 1 amide bonds. The van der Waals surface area contributed by atoms with Crippen molar-refractivity contribution in [3.63, 3.8) is 0 Å². The van der Waals surface area contributed by atoms with Crippen LogP contribution in [0.2, 0.25) is 0 Å². The van der Waals surface area contributed by atoms with Crippen LogP contribution in [0, 0.1) is 11.8 Å². The molecule has 3 unspecified atom stereocenters. The summed E-state index contributed by atoms with van der Waals surface area (Å²) in [5.41, 5.74) is 0. The molecule has 3 atom stereocenters. The molecular weight excluding hydrogens is 294 g/mol. The summed E-state index contributed by atoms with van der Waals surface area (Å²) in [5.74, 6) is 1.14. The first kappa shape index (κ1) is 18.3. The van der Waals surface area contributed by atoms with Crippen LogP contribution in [0.3, 0.4) is 0 Å². The van der Waals surface area contributed by atoms with Crippen molar-refractivity contribution in [2.45, 2.75) is 45.6 Å². The third-order valence-electron chi connectivity index (χ3n) is 3.91. The first-order chi connectivity index (χ1) is 9.81. The smallest absolute Gasteiger partial charge is 0.333 e. The first-order valence-corrected chi connectivity index (χ1v) is 8.97. The number of piperidine rings is 1. The quantitative estimate of drug-likeness (QED) is 0.550. The Hall–Kier alpha value is -0.700. The van der Waals surface area contributed by atoms with Gasteiger partial charge in [0.15, 0.2) is 0 Å². The molecule has 124 valence electrons. The Kier molecular flexibility index (Phi) is 7.58. The minimum Gasteiger partial charge on any atom is -0.352 e. The molecule has 1 rings (SSSR count). The van der Waals surface area contributed by atoms with E-state index in [1.807, 2.05) is 0 Å². The summed E-state index contributed by atoms with van der Waals surface area (Å²) in [4.78, 5) is 12.0. The molecule has 0 saturated carbocycles. The maximum Gasteiger partial charge on any atom is 0.333 e. The summed E-state index contributed by atoms with van der Waals surface area (Å²) in [6.07, 6.45) is 4.23. The van der Waals surface area contributed by atoms with Crippen molar-refractivity contribution in [3.8, 4) is 0 Å². The summed E-state index contributed by atoms with van der Waals surface area (Å²) >= 11 is 0. The zero-order valence-corrected chi connectivity index (χ0v) is 13.6. The standard InChI is InChI=1S/C13H27N3O4S/c1-3-10(2)8-11-4-5-15-12(9-11)13(17)16-6-7-20-21(14,18)19/h10-12,15H,3-9H2,1-2H3,(H,16,17)(H2,14,18,19). The molecule has 0 aliphatic carbocycles. The van der Waals surface area contributed by atoms with E-state index in [-0.39, 0.29) is 25.1 Å². The largest absolute Gasteiger partial charge is 0.352 e. The van der Waals surface area contributed by atoms with Crippen LogP contribution < -0.4 is 15.8 Å². The summed E-state index contributed by atoms with van der Waals surface area (Å²) < 4.78 is 25.5. The number of nitrogens with one attached hydrogen (secondary N) is 2. The van der Waals surface area contributed by atoms with Crippen LogP contribution in [0.1, 0.15) is 39.5 Å². The SMILES string of the molecule is CCC(C)CC1CCNC(C(=O)NCCOS(N)(=O)=O)C1. The van der Waals surface area contributed by atoms with Gasteiger partial charge in [0.25, 0.3) is 0 Å². The van der Waals surface area contributed by atoms with Gasteiger partial charge in [-0.1, -0.05) is 20.3 Å². The van der Waals surface area contributed by atoms with E-state index >= 15 is 0 Å². The van der Waals surface area contributed by atoms with Crippen molar-refractivity contribution < 1.29 is 17.4 Å². The lowest BCUT2D eigenvalue weighted by molar-refractivity contribution is -0.124. The van der Waals surface area contributed by atoms with Gasteiger partial charge in [-0.25, -0.2) is 5.14 Å². The van der Waals surface area contributed by atoms with Gasteiger partial charge in [-0.2, -0.15) is 8.42 Å². The molecule has 7 nitrogen and oxygen atoms in total. The zero-order valence-electron chi connectivity index (χ0n) is 12.8. The van der Waals surface area contributed by atoms with E-state index in [4.69, 9.17) is 5.14 Å². The van der Waals surface area contributed by atoms with Crippen LogP contribution in [0.4, 0.5) is 0 Å². The van der Waals surface area contributed by atoms with Crippen molar-refractivity contribution in [1.82, 2.24) is 10.6 Å². The maximum absolute atomic E-state index is 12.0. The predicted octanol–water partition coefficient (Wildman–Crippen LogP) is 0.127. The molecule has 0 radical (unpaired) electrons. The number of carbonyl (C=O) groups excluding carboxylic acids is 1. The molecule has 0 aromatic rings. The number of rotatable bonds is 8. The van der Waals surface area contributed by atoms with Gasteiger partial charge in [0.05, 0.1) is 12.6 Å². The lowest BCUT2D eigenvalue weighted by Gasteiger charge is -2.31. The average Bonchev–Trinajstić information content (AvgIpc) is 2.42. The Morgan fingerprint density at radius 2 is 2.24 bits per heavy atom. The number of hydrogen-bond donors (Lipinski definition) is 3. The van der Waals surface area contributed by atoms with Gasteiger partial charge in [0.2, 0.25) is 5.91 Å². The number of hydrogen-bond acceptors (Lipinski definition) is 5. The van der Waals surface area contributed by atoms with Gasteiger partial charge in [-0.3, -0.25) is 8.98 Å². The Bertz CT molecular complexity index is 427. The van der Waals surface area contributed by atoms with E-state index in [0.29, 0.717) is 11.8 Å². The summed E-state index contributed by atoms with van der Waals surface area (Å²) in [6.45, 7) is 5.24. The van der Waals surface area contributed by atoms with Crippen molar-refractivity contribution in [2.24, 2.45) is 17.0 Å². The second kappa shape index (κ2) is 8.67. The van der Waals surface area contributed by atoms with Gasteiger partial charge >= 0.3 is 10.3 Å². The predicted molar refractivity (Wildman–Crippen MR) is 80.7 cm³/mol. The van der Waals surface area contributed by atoms with Gasteiger partial charge in [-0.15, -0.1) is 0 Å². The molecule has 0 bridgehead atoms. The Morgan fingerprint density at radius 3 is 2.86 bits per heavy atom. The van der Waals surface area contributed by atoms with Crippen LogP contribution in [0.5, 0.6) is 0 Å². The molecule has 0 spiro atoms. The van der Waals surface area contributed by atoms with E-state index in [0.717, 1.165) is 32.2 Å². The fraction of sp³-hybridized carbons (Fsp3) is 0.923. The summed E-state index contributed by atoms with van der Waals surface area (Å²) in [7, 11) is -3.94. The maximum atomic E-state index is 12.0. The molecule has 0 aromatic carbocycles. The Balaban J connectivity index is 2.30. The molecule has 21 heavy (non-hydrogen) atoms. The topological polar surface area (TPSA) is 111 Å². The highest BCUT2D eigenvalue weighted by atomic mass is 32.2. The van der Waals surface area contributed by atoms with E-state index < -0.39 is 10.3 Å². The number of amides is 1. The van der Waals surface area contributed by atoms with Crippen molar-refractivity contribution in [1.29, 1.82) is 0 Å². The molecular formula is C13H27N3O4S. The first-order valence-electron chi connectivity index (χ1n) is 7.50. The van der Waals surface area contributed by atoms with E-state index in [9.17, 15) is 13.2 Å². The second-order valence-electron chi connectivity index (χ2n) is 5.75. The van der Waals surface area contributed by atoms with Crippen LogP contribution in [0.15, 0.2) is 0 Å². The fourth-order valence-electron chi connectivity index (χ4n) is 2.60. The molecule has 1 saturated heterocycles. The van der Waals surface area contributed by atoms with E-state index in [1.165, 1.54) is 0 Å². The fourth-order valence-corrected chi connectivity index (χ4v) is 2.92. The third-order valence-corrected chi connectivity index (χ3v) is 4.41. The Morgan fingerprint density at radius 1 is 1.52 bits per heavy atom. The highest BCUT2D eigenvalue weighted by Gasteiger charge is 2.27. The highest BCUT2D eigenvalue weighted by Crippen LogP contribution is 2.25. The van der Waals surface area contributed by atoms with E-state index in [2.05, 4.69) is 28.7 Å². The summed E-state index contributed by atoms with van der Waals surface area (Å²) in [6, 6.07) is -0.206.